The van der Waals surface area contributed by atoms with Crippen LogP contribution >= 0.6 is 23.1 Å². The molecule has 3 aromatic carbocycles. The first-order valence-corrected chi connectivity index (χ1v) is 12.5. The maximum atomic E-state index is 12.2. The third kappa shape index (κ3) is 7.19. The number of thioether (sulfide) groups is 1. The summed E-state index contributed by atoms with van der Waals surface area (Å²) in [6.45, 7) is 0.854. The number of hydrogen-bond acceptors (Lipinski definition) is 6. The van der Waals surface area contributed by atoms with Crippen LogP contribution in [0.25, 0.3) is 16.3 Å². The number of rotatable bonds is 10. The Kier molecular flexibility index (Phi) is 8.32. The van der Waals surface area contributed by atoms with E-state index in [2.05, 4.69) is 15.6 Å². The summed E-state index contributed by atoms with van der Waals surface area (Å²) in [5.41, 5.74) is 2.50. The number of para-hydroxylation sites is 1. The molecule has 0 spiro atoms. The Labute approximate surface area is 206 Å². The quantitative estimate of drug-likeness (QED) is 0.181. The van der Waals surface area contributed by atoms with E-state index >= 15 is 0 Å². The van der Waals surface area contributed by atoms with Gasteiger partial charge in [-0.1, -0.05) is 60.3 Å². The first-order chi connectivity index (χ1) is 16.7. The van der Waals surface area contributed by atoms with Gasteiger partial charge in [0.2, 0.25) is 11.8 Å². The van der Waals surface area contributed by atoms with Crippen molar-refractivity contribution in [1.82, 2.24) is 10.3 Å². The Bertz CT molecular complexity index is 1270. The maximum absolute atomic E-state index is 12.2. The van der Waals surface area contributed by atoms with Crippen molar-refractivity contribution < 1.29 is 14.3 Å². The molecule has 4 aromatic rings. The second kappa shape index (κ2) is 12.0. The molecule has 8 heteroatoms. The van der Waals surface area contributed by atoms with E-state index in [9.17, 15) is 9.59 Å². The van der Waals surface area contributed by atoms with E-state index in [1.165, 1.54) is 29.2 Å². The standard InChI is InChI=1S/C26H23N3O3S2/c30-24(14-11-19-7-3-1-4-8-19)28-20-12-13-22-23(17-20)34-26(29-22)33-18-25(31)27-15-16-32-21-9-5-2-6-10-21/h1-14,17H,15-16,18H2,(H,27,31)(H,28,30)/b14-11+. The lowest BCUT2D eigenvalue weighted by molar-refractivity contribution is -0.118. The van der Waals surface area contributed by atoms with Crippen molar-refractivity contribution in [2.24, 2.45) is 0 Å². The fourth-order valence-corrected chi connectivity index (χ4v) is 4.95. The van der Waals surface area contributed by atoms with Crippen molar-refractivity contribution in [2.75, 3.05) is 24.2 Å². The van der Waals surface area contributed by atoms with Crippen molar-refractivity contribution in [3.05, 3.63) is 90.5 Å². The lowest BCUT2D eigenvalue weighted by Crippen LogP contribution is -2.29. The minimum absolute atomic E-state index is 0.0703. The Morgan fingerprint density at radius 2 is 1.76 bits per heavy atom. The highest BCUT2D eigenvalue weighted by Gasteiger charge is 2.09. The molecule has 6 nitrogen and oxygen atoms in total. The van der Waals surface area contributed by atoms with Crippen molar-refractivity contribution in [1.29, 1.82) is 0 Å². The highest BCUT2D eigenvalue weighted by atomic mass is 32.2. The number of carbonyl (C=O) groups is 2. The Morgan fingerprint density at radius 3 is 2.56 bits per heavy atom. The van der Waals surface area contributed by atoms with Gasteiger partial charge in [0.15, 0.2) is 4.34 Å². The van der Waals surface area contributed by atoms with Gasteiger partial charge in [0.1, 0.15) is 12.4 Å². The molecule has 0 bridgehead atoms. The molecule has 1 heterocycles. The summed E-state index contributed by atoms with van der Waals surface area (Å²) >= 11 is 2.88. The van der Waals surface area contributed by atoms with Crippen LogP contribution in [0.2, 0.25) is 0 Å². The first-order valence-electron chi connectivity index (χ1n) is 10.7. The molecule has 0 saturated carbocycles. The van der Waals surface area contributed by atoms with Crippen LogP contribution < -0.4 is 15.4 Å². The zero-order valence-corrected chi connectivity index (χ0v) is 19.9. The molecule has 34 heavy (non-hydrogen) atoms. The highest BCUT2D eigenvalue weighted by molar-refractivity contribution is 8.01. The van der Waals surface area contributed by atoms with Crippen molar-refractivity contribution in [2.45, 2.75) is 4.34 Å². The number of fused-ring (bicyclic) bond motifs is 1. The van der Waals surface area contributed by atoms with Crippen molar-refractivity contribution >= 4 is 56.9 Å². The summed E-state index contributed by atoms with van der Waals surface area (Å²) in [5.74, 6) is 0.789. The second-order valence-electron chi connectivity index (χ2n) is 7.20. The number of amides is 2. The van der Waals surface area contributed by atoms with E-state index in [4.69, 9.17) is 4.74 Å². The van der Waals surface area contributed by atoms with Gasteiger partial charge >= 0.3 is 0 Å². The topological polar surface area (TPSA) is 80.3 Å². The van der Waals surface area contributed by atoms with E-state index in [0.29, 0.717) is 18.8 Å². The van der Waals surface area contributed by atoms with Gasteiger partial charge in [-0.05, 0) is 42.0 Å². The minimum atomic E-state index is -0.199. The number of hydrogen-bond donors (Lipinski definition) is 2. The Morgan fingerprint density at radius 1 is 1.00 bits per heavy atom. The summed E-state index contributed by atoms with van der Waals surface area (Å²) in [6.07, 6.45) is 3.28. The minimum Gasteiger partial charge on any atom is -0.492 e. The average Bonchev–Trinajstić information content (AvgIpc) is 3.28. The summed E-state index contributed by atoms with van der Waals surface area (Å²) < 4.78 is 7.32. The molecule has 172 valence electrons. The fraction of sp³-hybridized carbons (Fsp3) is 0.115. The smallest absolute Gasteiger partial charge is 0.248 e. The maximum Gasteiger partial charge on any atom is 0.248 e. The highest BCUT2D eigenvalue weighted by Crippen LogP contribution is 2.31. The molecule has 0 unspecified atom stereocenters. The lowest BCUT2D eigenvalue weighted by Gasteiger charge is -2.07. The molecule has 0 aliphatic heterocycles. The van der Waals surface area contributed by atoms with Crippen LogP contribution in [0, 0.1) is 0 Å². The molecule has 0 radical (unpaired) electrons. The van der Waals surface area contributed by atoms with Crippen LogP contribution in [-0.4, -0.2) is 35.7 Å². The average molecular weight is 490 g/mol. The van der Waals surface area contributed by atoms with Gasteiger partial charge in [-0.3, -0.25) is 9.59 Å². The molecule has 0 aliphatic rings. The number of thiazole rings is 1. The number of anilines is 1. The zero-order chi connectivity index (χ0) is 23.6. The number of ether oxygens (including phenoxy) is 1. The summed E-state index contributed by atoms with van der Waals surface area (Å²) in [6, 6.07) is 24.7. The summed E-state index contributed by atoms with van der Waals surface area (Å²) in [5, 5.41) is 5.72. The number of nitrogens with zero attached hydrogens (tertiary/aromatic N) is 1. The largest absolute Gasteiger partial charge is 0.492 e. The van der Waals surface area contributed by atoms with E-state index in [1.54, 1.807) is 6.08 Å². The van der Waals surface area contributed by atoms with Crippen LogP contribution in [0.5, 0.6) is 5.75 Å². The van der Waals surface area contributed by atoms with E-state index in [0.717, 1.165) is 25.9 Å². The van der Waals surface area contributed by atoms with E-state index in [1.807, 2.05) is 78.9 Å². The molecular weight excluding hydrogens is 466 g/mol. The number of nitrogens with one attached hydrogen (secondary N) is 2. The third-order valence-electron chi connectivity index (χ3n) is 4.63. The molecule has 4 rings (SSSR count). The van der Waals surface area contributed by atoms with Crippen molar-refractivity contribution in [3.63, 3.8) is 0 Å². The molecule has 0 aliphatic carbocycles. The molecule has 0 saturated heterocycles. The van der Waals surface area contributed by atoms with E-state index in [-0.39, 0.29) is 17.6 Å². The van der Waals surface area contributed by atoms with Crippen LogP contribution in [0.15, 0.2) is 89.3 Å². The van der Waals surface area contributed by atoms with Gasteiger partial charge in [0.25, 0.3) is 0 Å². The van der Waals surface area contributed by atoms with Crippen LogP contribution in [-0.2, 0) is 9.59 Å². The SMILES string of the molecule is O=C(/C=C/c1ccccc1)Nc1ccc2nc(SCC(=O)NCCOc3ccccc3)sc2c1. The third-order valence-corrected chi connectivity index (χ3v) is 6.79. The first kappa shape index (κ1) is 23.5. The summed E-state index contributed by atoms with van der Waals surface area (Å²) in [7, 11) is 0. The number of aromatic nitrogens is 1. The van der Waals surface area contributed by atoms with Gasteiger partial charge in [-0.25, -0.2) is 4.98 Å². The fourth-order valence-electron chi connectivity index (χ4n) is 3.02. The number of benzene rings is 3. The summed E-state index contributed by atoms with van der Waals surface area (Å²) in [4.78, 5) is 28.9. The molecule has 0 atom stereocenters. The van der Waals surface area contributed by atoms with Gasteiger partial charge in [0.05, 0.1) is 22.5 Å². The molecule has 0 fully saturated rings. The number of carbonyl (C=O) groups excluding carboxylic acids is 2. The van der Waals surface area contributed by atoms with Crippen LogP contribution in [0.3, 0.4) is 0 Å². The van der Waals surface area contributed by atoms with Crippen molar-refractivity contribution in [3.8, 4) is 5.75 Å². The zero-order valence-electron chi connectivity index (χ0n) is 18.3. The molecule has 1 aromatic heterocycles. The Hall–Kier alpha value is -3.62. The van der Waals surface area contributed by atoms with Gasteiger partial charge in [-0.2, -0.15) is 0 Å². The van der Waals surface area contributed by atoms with E-state index < -0.39 is 0 Å². The lowest BCUT2D eigenvalue weighted by atomic mass is 10.2. The monoisotopic (exact) mass is 489 g/mol. The van der Waals surface area contributed by atoms with Gasteiger partial charge < -0.3 is 15.4 Å². The van der Waals surface area contributed by atoms with Crippen LogP contribution in [0.1, 0.15) is 5.56 Å². The molecular formula is C26H23N3O3S2. The van der Waals surface area contributed by atoms with Crippen LogP contribution in [0.4, 0.5) is 5.69 Å². The predicted molar refractivity (Wildman–Crippen MR) is 139 cm³/mol. The van der Waals surface area contributed by atoms with Gasteiger partial charge in [0, 0.05) is 11.8 Å². The predicted octanol–water partition coefficient (Wildman–Crippen LogP) is 5.24. The Balaban J connectivity index is 1.23. The van der Waals surface area contributed by atoms with Gasteiger partial charge in [-0.15, -0.1) is 11.3 Å². The molecule has 2 N–H and O–H groups in total. The normalized spacial score (nSPS) is 10.9. The molecule has 2 amide bonds. The second-order valence-corrected chi connectivity index (χ2v) is 9.45.